The van der Waals surface area contributed by atoms with Gasteiger partial charge in [-0.1, -0.05) is 42.5 Å². The summed E-state index contributed by atoms with van der Waals surface area (Å²) < 4.78 is 17.9. The highest BCUT2D eigenvalue weighted by Gasteiger charge is 2.46. The van der Waals surface area contributed by atoms with Crippen LogP contribution in [0.3, 0.4) is 0 Å². The standard InChI is InChI=1S/C35H32N2O6/c1-3-41-30-18-25(11-14-29(30)42-21-23-8-5-4-6-9-23)32-31(33(38)26-12-13-28-27(17-26)16-22(2)43-28)34(39)35(40)37(32)20-24-10-7-15-36-19-24/h4-15,17-19,22,32,38H,3,16,20-21H2,1-2H3/b33-31+/t22-,32+/m0/s1. The third-order valence-corrected chi connectivity index (χ3v) is 7.61. The first-order valence-corrected chi connectivity index (χ1v) is 14.3. The van der Waals surface area contributed by atoms with Gasteiger partial charge >= 0.3 is 0 Å². The van der Waals surface area contributed by atoms with Crippen LogP contribution >= 0.6 is 0 Å². The van der Waals surface area contributed by atoms with Crippen molar-refractivity contribution in [2.24, 2.45) is 0 Å². The summed E-state index contributed by atoms with van der Waals surface area (Å²) in [6.07, 6.45) is 4.02. The number of likely N-dealkylation sites (tertiary alicyclic amines) is 1. The minimum atomic E-state index is -0.869. The molecule has 0 bridgehead atoms. The smallest absolute Gasteiger partial charge is 0.295 e. The van der Waals surface area contributed by atoms with Gasteiger partial charge in [-0.2, -0.15) is 0 Å². The number of aliphatic hydroxyl groups is 1. The van der Waals surface area contributed by atoms with Crippen molar-refractivity contribution in [2.45, 2.75) is 45.6 Å². The minimum absolute atomic E-state index is 0.0150. The molecule has 0 saturated carbocycles. The van der Waals surface area contributed by atoms with Gasteiger partial charge < -0.3 is 24.2 Å². The van der Waals surface area contributed by atoms with E-state index in [1.165, 1.54) is 4.90 Å². The van der Waals surface area contributed by atoms with Crippen molar-refractivity contribution in [3.63, 3.8) is 0 Å². The Kier molecular flexibility index (Phi) is 7.83. The fourth-order valence-corrected chi connectivity index (χ4v) is 5.62. The van der Waals surface area contributed by atoms with E-state index in [-0.39, 0.29) is 24.0 Å². The van der Waals surface area contributed by atoms with Gasteiger partial charge in [0.15, 0.2) is 11.5 Å². The molecule has 0 aliphatic carbocycles. The molecule has 43 heavy (non-hydrogen) atoms. The summed E-state index contributed by atoms with van der Waals surface area (Å²) >= 11 is 0. The van der Waals surface area contributed by atoms with Crippen LogP contribution in [0.2, 0.25) is 0 Å². The number of benzene rings is 3. The molecule has 0 unspecified atom stereocenters. The number of aliphatic hydroxyl groups excluding tert-OH is 1. The molecule has 8 heteroatoms. The highest BCUT2D eigenvalue weighted by molar-refractivity contribution is 6.46. The Morgan fingerprint density at radius 2 is 1.79 bits per heavy atom. The molecule has 0 radical (unpaired) electrons. The summed E-state index contributed by atoms with van der Waals surface area (Å²) in [6.45, 7) is 4.72. The maximum absolute atomic E-state index is 13.6. The molecule has 218 valence electrons. The number of carbonyl (C=O) groups excluding carboxylic acids is 2. The van der Waals surface area contributed by atoms with Gasteiger partial charge in [-0.15, -0.1) is 0 Å². The van der Waals surface area contributed by atoms with Crippen molar-refractivity contribution in [3.8, 4) is 17.2 Å². The first kappa shape index (κ1) is 28.0. The number of nitrogens with zero attached hydrogens (tertiary/aromatic N) is 2. The first-order valence-electron chi connectivity index (χ1n) is 14.3. The van der Waals surface area contributed by atoms with Crippen LogP contribution in [-0.4, -0.2) is 39.4 Å². The molecule has 1 amide bonds. The number of hydrogen-bond acceptors (Lipinski definition) is 7. The molecule has 2 atom stereocenters. The van der Waals surface area contributed by atoms with Gasteiger partial charge in [-0.25, -0.2) is 0 Å². The molecule has 1 aromatic heterocycles. The molecule has 2 aliphatic rings. The number of hydrogen-bond donors (Lipinski definition) is 1. The Morgan fingerprint density at radius 3 is 2.56 bits per heavy atom. The van der Waals surface area contributed by atoms with Crippen molar-refractivity contribution in [1.82, 2.24) is 9.88 Å². The number of carbonyl (C=O) groups is 2. The van der Waals surface area contributed by atoms with E-state index in [0.717, 1.165) is 22.4 Å². The van der Waals surface area contributed by atoms with Crippen molar-refractivity contribution < 1.29 is 28.9 Å². The molecule has 2 aliphatic heterocycles. The molecule has 1 N–H and O–H groups in total. The zero-order valence-corrected chi connectivity index (χ0v) is 24.0. The monoisotopic (exact) mass is 576 g/mol. The average Bonchev–Trinajstić information content (AvgIpc) is 3.52. The lowest BCUT2D eigenvalue weighted by atomic mass is 9.94. The summed E-state index contributed by atoms with van der Waals surface area (Å²) in [5.74, 6) is 0.0829. The molecule has 1 fully saturated rings. The van der Waals surface area contributed by atoms with Crippen molar-refractivity contribution in [2.75, 3.05) is 6.61 Å². The Hall–Kier alpha value is -5.11. The Balaban J connectivity index is 1.43. The molecule has 3 aromatic carbocycles. The highest BCUT2D eigenvalue weighted by atomic mass is 16.5. The second kappa shape index (κ2) is 12.0. The van der Waals surface area contributed by atoms with Crippen LogP contribution in [0.25, 0.3) is 5.76 Å². The van der Waals surface area contributed by atoms with Crippen LogP contribution < -0.4 is 14.2 Å². The van der Waals surface area contributed by atoms with E-state index in [1.807, 2.05) is 56.3 Å². The fraction of sp³-hybridized carbons (Fsp3) is 0.229. The number of fused-ring (bicyclic) bond motifs is 1. The van der Waals surface area contributed by atoms with Gasteiger partial charge in [0.05, 0.1) is 18.2 Å². The summed E-state index contributed by atoms with van der Waals surface area (Å²) in [4.78, 5) is 32.8. The van der Waals surface area contributed by atoms with E-state index in [4.69, 9.17) is 14.2 Å². The number of rotatable bonds is 9. The Morgan fingerprint density at radius 1 is 0.977 bits per heavy atom. The van der Waals surface area contributed by atoms with Crippen LogP contribution in [0, 0.1) is 0 Å². The van der Waals surface area contributed by atoms with E-state index < -0.39 is 17.7 Å². The zero-order chi connectivity index (χ0) is 29.9. The zero-order valence-electron chi connectivity index (χ0n) is 24.0. The Bertz CT molecular complexity index is 1690. The number of Topliss-reactive ketones (excluding diaryl/α,β-unsaturated/α-hetero) is 1. The lowest BCUT2D eigenvalue weighted by molar-refractivity contribution is -0.140. The van der Waals surface area contributed by atoms with Crippen molar-refractivity contribution in [3.05, 3.63) is 125 Å². The predicted molar refractivity (Wildman–Crippen MR) is 161 cm³/mol. The number of ketones is 1. The summed E-state index contributed by atoms with van der Waals surface area (Å²) in [5.41, 5.74) is 3.78. The van der Waals surface area contributed by atoms with Crippen LogP contribution in [0.15, 0.2) is 96.8 Å². The molecule has 1 saturated heterocycles. The SMILES string of the molecule is CCOc1cc([C@@H]2/C(=C(\O)c3ccc4c(c3)C[C@H](C)O4)C(=O)C(=O)N2Cc2cccnc2)ccc1OCc1ccccc1. The molecule has 8 nitrogen and oxygen atoms in total. The third kappa shape index (κ3) is 5.68. The molecule has 4 aromatic rings. The number of aromatic nitrogens is 1. The molecule has 6 rings (SSSR count). The maximum Gasteiger partial charge on any atom is 0.295 e. The lowest BCUT2D eigenvalue weighted by Crippen LogP contribution is -2.29. The van der Waals surface area contributed by atoms with E-state index in [9.17, 15) is 14.7 Å². The Labute approximate surface area is 250 Å². The van der Waals surface area contributed by atoms with E-state index in [0.29, 0.717) is 42.3 Å². The topological polar surface area (TPSA) is 98.2 Å². The van der Waals surface area contributed by atoms with Crippen molar-refractivity contribution in [1.29, 1.82) is 0 Å². The van der Waals surface area contributed by atoms with Crippen LogP contribution in [-0.2, 0) is 29.2 Å². The second-order valence-electron chi connectivity index (χ2n) is 10.7. The van der Waals surface area contributed by atoms with Gasteiger partial charge in [-0.05, 0) is 72.5 Å². The molecule has 3 heterocycles. The van der Waals surface area contributed by atoms with Crippen LogP contribution in [0.1, 0.15) is 47.7 Å². The van der Waals surface area contributed by atoms with Crippen molar-refractivity contribution >= 4 is 17.4 Å². The fourth-order valence-electron chi connectivity index (χ4n) is 5.62. The van der Waals surface area contributed by atoms with Gasteiger partial charge in [0.1, 0.15) is 24.2 Å². The largest absolute Gasteiger partial charge is 0.507 e. The second-order valence-corrected chi connectivity index (χ2v) is 10.7. The minimum Gasteiger partial charge on any atom is -0.507 e. The normalized spacial score (nSPS) is 18.8. The lowest BCUT2D eigenvalue weighted by Gasteiger charge is -2.26. The number of pyridine rings is 1. The van der Waals surface area contributed by atoms with Gasteiger partial charge in [0, 0.05) is 30.9 Å². The van der Waals surface area contributed by atoms with E-state index in [1.54, 1.807) is 48.8 Å². The summed E-state index contributed by atoms with van der Waals surface area (Å²) in [5, 5.41) is 11.6. The first-order chi connectivity index (χ1) is 20.9. The van der Waals surface area contributed by atoms with Gasteiger partial charge in [0.25, 0.3) is 11.7 Å². The quantitative estimate of drug-likeness (QED) is 0.148. The number of ether oxygens (including phenoxy) is 3. The van der Waals surface area contributed by atoms with Crippen LogP contribution in [0.5, 0.6) is 17.2 Å². The van der Waals surface area contributed by atoms with E-state index in [2.05, 4.69) is 4.98 Å². The van der Waals surface area contributed by atoms with E-state index >= 15 is 0 Å². The predicted octanol–water partition coefficient (Wildman–Crippen LogP) is 6.00. The summed E-state index contributed by atoms with van der Waals surface area (Å²) in [6, 6.07) is 23.3. The van der Waals surface area contributed by atoms with Gasteiger partial charge in [-0.3, -0.25) is 14.6 Å². The molecular formula is C35H32N2O6. The molecular weight excluding hydrogens is 544 g/mol. The summed E-state index contributed by atoms with van der Waals surface area (Å²) in [7, 11) is 0. The highest BCUT2D eigenvalue weighted by Crippen LogP contribution is 2.43. The maximum atomic E-state index is 13.6. The molecule has 0 spiro atoms. The third-order valence-electron chi connectivity index (χ3n) is 7.61. The van der Waals surface area contributed by atoms with Gasteiger partial charge in [0.2, 0.25) is 0 Å². The number of amides is 1. The van der Waals surface area contributed by atoms with Crippen LogP contribution in [0.4, 0.5) is 0 Å². The average molecular weight is 577 g/mol.